The van der Waals surface area contributed by atoms with Crippen molar-refractivity contribution in [2.45, 2.75) is 26.9 Å². The molecule has 0 fully saturated rings. The molecule has 0 bridgehead atoms. The van der Waals surface area contributed by atoms with Crippen LogP contribution < -0.4 is 14.8 Å². The first-order valence-electron chi connectivity index (χ1n) is 7.50. The molecule has 0 saturated heterocycles. The van der Waals surface area contributed by atoms with E-state index in [-0.39, 0.29) is 0 Å². The summed E-state index contributed by atoms with van der Waals surface area (Å²) in [6.07, 6.45) is 0. The van der Waals surface area contributed by atoms with Gasteiger partial charge in [-0.05, 0) is 41.9 Å². The van der Waals surface area contributed by atoms with Crippen molar-refractivity contribution in [3.8, 4) is 11.5 Å². The summed E-state index contributed by atoms with van der Waals surface area (Å²) in [5.41, 5.74) is 3.84. The molecular weight excluding hydrogens is 342 g/mol. The van der Waals surface area contributed by atoms with Crippen molar-refractivity contribution in [1.82, 2.24) is 0 Å². The first-order chi connectivity index (χ1) is 10.6. The van der Waals surface area contributed by atoms with Crippen LogP contribution >= 0.6 is 15.9 Å². The summed E-state index contributed by atoms with van der Waals surface area (Å²) in [7, 11) is 1.67. The van der Waals surface area contributed by atoms with Gasteiger partial charge in [-0.25, -0.2) is 0 Å². The molecule has 0 heterocycles. The molecule has 0 unspecified atom stereocenters. The zero-order chi connectivity index (χ0) is 15.9. The maximum atomic E-state index is 5.62. The van der Waals surface area contributed by atoms with Gasteiger partial charge in [0.05, 0.1) is 18.2 Å². The van der Waals surface area contributed by atoms with Crippen LogP contribution in [0.4, 0.5) is 0 Å². The van der Waals surface area contributed by atoms with E-state index in [1.165, 1.54) is 16.7 Å². The largest absolute Gasteiger partial charge is 0.493 e. The third-order valence-corrected chi connectivity index (χ3v) is 4.05. The number of hydrogen-bond donors (Lipinski definition) is 1. The van der Waals surface area contributed by atoms with Gasteiger partial charge in [-0.2, -0.15) is 0 Å². The Morgan fingerprint density at radius 1 is 1.05 bits per heavy atom. The number of nitrogens with two attached hydrogens (primary N) is 1. The lowest BCUT2D eigenvalue weighted by Gasteiger charge is -2.13. The zero-order valence-electron chi connectivity index (χ0n) is 13.4. The monoisotopic (exact) mass is 364 g/mol. The molecule has 0 amide bonds. The van der Waals surface area contributed by atoms with Crippen LogP contribution in [-0.4, -0.2) is 13.7 Å². The molecule has 118 valence electrons. The minimum absolute atomic E-state index is 0.619. The molecule has 0 atom stereocenters. The molecule has 3 nitrogen and oxygen atoms in total. The van der Waals surface area contributed by atoms with Crippen LogP contribution in [0.15, 0.2) is 40.9 Å². The molecular formula is C18H23BrNO2+. The van der Waals surface area contributed by atoms with Gasteiger partial charge in [0.25, 0.3) is 0 Å². The Morgan fingerprint density at radius 3 is 2.36 bits per heavy atom. The second-order valence-electron chi connectivity index (χ2n) is 5.22. The van der Waals surface area contributed by atoms with Gasteiger partial charge in [0.2, 0.25) is 0 Å². The fraction of sp³-hybridized carbons (Fsp3) is 0.333. The molecule has 0 spiro atoms. The van der Waals surface area contributed by atoms with Crippen LogP contribution in [0.1, 0.15) is 23.6 Å². The summed E-state index contributed by atoms with van der Waals surface area (Å²) < 4.78 is 12.0. The maximum absolute atomic E-state index is 5.62. The minimum atomic E-state index is 0.619. The number of methoxy groups -OCH3 is 1. The van der Waals surface area contributed by atoms with E-state index in [0.29, 0.717) is 6.61 Å². The molecule has 2 rings (SSSR count). The highest BCUT2D eigenvalue weighted by Gasteiger charge is 2.12. The van der Waals surface area contributed by atoms with Gasteiger partial charge < -0.3 is 14.8 Å². The summed E-state index contributed by atoms with van der Waals surface area (Å²) in [4.78, 5) is 0. The maximum Gasteiger partial charge on any atom is 0.175 e. The van der Waals surface area contributed by atoms with Gasteiger partial charge in [-0.1, -0.05) is 29.8 Å². The molecule has 0 saturated carbocycles. The topological polar surface area (TPSA) is 35.1 Å². The Morgan fingerprint density at radius 2 is 1.73 bits per heavy atom. The highest BCUT2D eigenvalue weighted by molar-refractivity contribution is 9.10. The molecule has 2 aromatic rings. The van der Waals surface area contributed by atoms with Crippen LogP contribution in [0.5, 0.6) is 11.5 Å². The van der Waals surface area contributed by atoms with Crippen molar-refractivity contribution in [3.63, 3.8) is 0 Å². The Labute approximate surface area is 140 Å². The molecule has 0 aliphatic rings. The minimum Gasteiger partial charge on any atom is -0.493 e. The first-order valence-corrected chi connectivity index (χ1v) is 8.29. The third kappa shape index (κ3) is 4.49. The van der Waals surface area contributed by atoms with Gasteiger partial charge in [-0.3, -0.25) is 0 Å². The standard InChI is InChI=1S/C18H22BrNO2/c1-4-22-18-16(19)9-15(10-17(18)21-3)12-20-11-14-7-5-13(2)6-8-14/h5-10,20H,4,11-12H2,1-3H3/p+1. The number of hydrogen-bond acceptors (Lipinski definition) is 2. The number of quaternary nitrogens is 1. The van der Waals surface area contributed by atoms with Crippen molar-refractivity contribution < 1.29 is 14.8 Å². The zero-order valence-corrected chi connectivity index (χ0v) is 14.9. The van der Waals surface area contributed by atoms with Crippen LogP contribution in [0.2, 0.25) is 0 Å². The lowest BCUT2D eigenvalue weighted by molar-refractivity contribution is -0.686. The third-order valence-electron chi connectivity index (χ3n) is 3.46. The van der Waals surface area contributed by atoms with Crippen LogP contribution in [0.25, 0.3) is 0 Å². The summed E-state index contributed by atoms with van der Waals surface area (Å²) in [6.45, 7) is 6.56. The van der Waals surface area contributed by atoms with Crippen molar-refractivity contribution in [2.75, 3.05) is 13.7 Å². The molecule has 0 aliphatic carbocycles. The lowest BCUT2D eigenvalue weighted by atomic mass is 10.1. The number of ether oxygens (including phenoxy) is 2. The van der Waals surface area contributed by atoms with Gasteiger partial charge in [-0.15, -0.1) is 0 Å². The van der Waals surface area contributed by atoms with E-state index in [2.05, 4.69) is 58.5 Å². The van der Waals surface area contributed by atoms with Gasteiger partial charge >= 0.3 is 0 Å². The quantitative estimate of drug-likeness (QED) is 0.816. The van der Waals surface area contributed by atoms with E-state index in [9.17, 15) is 0 Å². The van der Waals surface area contributed by atoms with Crippen molar-refractivity contribution in [2.24, 2.45) is 0 Å². The normalized spacial score (nSPS) is 10.5. The van der Waals surface area contributed by atoms with E-state index < -0.39 is 0 Å². The van der Waals surface area contributed by atoms with Gasteiger partial charge in [0.1, 0.15) is 13.1 Å². The van der Waals surface area contributed by atoms with Crippen molar-refractivity contribution in [3.05, 3.63) is 57.6 Å². The molecule has 22 heavy (non-hydrogen) atoms. The highest BCUT2D eigenvalue weighted by Crippen LogP contribution is 2.36. The molecule has 4 heteroatoms. The number of rotatable bonds is 7. The van der Waals surface area contributed by atoms with Crippen LogP contribution in [0, 0.1) is 6.92 Å². The predicted octanol–water partition coefficient (Wildman–Crippen LogP) is 3.43. The Bertz CT molecular complexity index is 611. The Hall–Kier alpha value is -1.52. The molecule has 2 aromatic carbocycles. The Balaban J connectivity index is 2.00. The molecule has 0 radical (unpaired) electrons. The number of aryl methyl sites for hydroxylation is 1. The van der Waals surface area contributed by atoms with Gasteiger partial charge in [0, 0.05) is 11.1 Å². The Kier molecular flexibility index (Phi) is 6.28. The fourth-order valence-corrected chi connectivity index (χ4v) is 2.91. The molecule has 2 N–H and O–H groups in total. The average molecular weight is 365 g/mol. The predicted molar refractivity (Wildman–Crippen MR) is 92.4 cm³/mol. The van der Waals surface area contributed by atoms with Crippen molar-refractivity contribution >= 4 is 15.9 Å². The van der Waals surface area contributed by atoms with Crippen molar-refractivity contribution in [1.29, 1.82) is 0 Å². The highest BCUT2D eigenvalue weighted by atomic mass is 79.9. The SMILES string of the molecule is CCOc1c(Br)cc(C[NH2+]Cc2ccc(C)cc2)cc1OC. The van der Waals surface area contributed by atoms with E-state index >= 15 is 0 Å². The van der Waals surface area contributed by atoms with E-state index in [1.54, 1.807) is 7.11 Å². The smallest absolute Gasteiger partial charge is 0.175 e. The fourth-order valence-electron chi connectivity index (χ4n) is 2.31. The van der Waals surface area contributed by atoms with Crippen LogP contribution in [-0.2, 0) is 13.1 Å². The first kappa shape index (κ1) is 16.8. The number of benzene rings is 2. The lowest BCUT2D eigenvalue weighted by Crippen LogP contribution is -2.80. The summed E-state index contributed by atoms with van der Waals surface area (Å²) in [5, 5.41) is 2.28. The van der Waals surface area contributed by atoms with Crippen LogP contribution in [0.3, 0.4) is 0 Å². The van der Waals surface area contributed by atoms with E-state index in [1.807, 2.05) is 13.0 Å². The second-order valence-corrected chi connectivity index (χ2v) is 6.08. The summed E-state index contributed by atoms with van der Waals surface area (Å²) >= 11 is 3.57. The average Bonchev–Trinajstić information content (AvgIpc) is 2.51. The molecule has 0 aliphatic heterocycles. The molecule has 0 aromatic heterocycles. The number of halogens is 1. The van der Waals surface area contributed by atoms with Gasteiger partial charge in [0.15, 0.2) is 11.5 Å². The van der Waals surface area contributed by atoms with E-state index in [4.69, 9.17) is 9.47 Å². The summed E-state index contributed by atoms with van der Waals surface area (Å²) in [5.74, 6) is 1.54. The second kappa shape index (κ2) is 8.20. The summed E-state index contributed by atoms with van der Waals surface area (Å²) in [6, 6.07) is 12.8. The van der Waals surface area contributed by atoms with E-state index in [0.717, 1.165) is 29.1 Å².